The van der Waals surface area contributed by atoms with E-state index in [1.54, 1.807) is 12.4 Å². The molecule has 1 heterocycles. The molecule has 0 aliphatic rings. The first-order valence-electron chi connectivity index (χ1n) is 5.77. The van der Waals surface area contributed by atoms with Gasteiger partial charge in [0.2, 0.25) is 0 Å². The number of aromatic nitrogens is 2. The fraction of sp³-hybridized carbons (Fsp3) is 0.231. The molecule has 5 heteroatoms. The van der Waals surface area contributed by atoms with Crippen molar-refractivity contribution in [3.63, 3.8) is 0 Å². The van der Waals surface area contributed by atoms with Gasteiger partial charge in [-0.1, -0.05) is 30.3 Å². The number of hydrogen-bond acceptors (Lipinski definition) is 5. The lowest BCUT2D eigenvalue weighted by Crippen LogP contribution is -2.28. The molecule has 0 aliphatic heterocycles. The third kappa shape index (κ3) is 2.95. The second-order valence-electron chi connectivity index (χ2n) is 3.90. The molecule has 0 aliphatic carbocycles. The number of aliphatic hydroxyl groups is 1. The number of benzene rings is 1. The van der Waals surface area contributed by atoms with E-state index in [4.69, 9.17) is 10.8 Å². The van der Waals surface area contributed by atoms with Crippen molar-refractivity contribution in [3.8, 4) is 0 Å². The number of nitrogen functional groups attached to an aromatic ring is 1. The number of nitrogens with zero attached hydrogens (tertiary/aromatic N) is 3. The summed E-state index contributed by atoms with van der Waals surface area (Å²) in [4.78, 5) is 10.2. The predicted octanol–water partition coefficient (Wildman–Crippen LogP) is 1.06. The van der Waals surface area contributed by atoms with Gasteiger partial charge in [-0.15, -0.1) is 0 Å². The molecule has 1 aromatic heterocycles. The van der Waals surface area contributed by atoms with Crippen molar-refractivity contribution in [3.05, 3.63) is 48.3 Å². The van der Waals surface area contributed by atoms with Gasteiger partial charge in [0.1, 0.15) is 0 Å². The zero-order valence-corrected chi connectivity index (χ0v) is 10.0. The molecule has 0 bridgehead atoms. The second kappa shape index (κ2) is 5.97. The Morgan fingerprint density at radius 2 is 1.83 bits per heavy atom. The molecule has 2 rings (SSSR count). The summed E-state index contributed by atoms with van der Waals surface area (Å²) in [5.74, 6) is 0.984. The van der Waals surface area contributed by atoms with E-state index in [-0.39, 0.29) is 6.61 Å². The van der Waals surface area contributed by atoms with Crippen molar-refractivity contribution in [1.29, 1.82) is 0 Å². The van der Waals surface area contributed by atoms with E-state index >= 15 is 0 Å². The van der Waals surface area contributed by atoms with E-state index in [1.807, 2.05) is 35.2 Å². The largest absolute Gasteiger partial charge is 0.395 e. The van der Waals surface area contributed by atoms with Crippen molar-refractivity contribution in [2.45, 2.75) is 6.54 Å². The van der Waals surface area contributed by atoms with Gasteiger partial charge >= 0.3 is 0 Å². The first kappa shape index (κ1) is 12.3. The molecule has 0 fully saturated rings. The molecule has 1 aromatic carbocycles. The fourth-order valence-corrected chi connectivity index (χ4v) is 1.77. The molecule has 5 nitrogen and oxygen atoms in total. The van der Waals surface area contributed by atoms with E-state index in [9.17, 15) is 0 Å². The van der Waals surface area contributed by atoms with Crippen LogP contribution in [0.2, 0.25) is 0 Å². The van der Waals surface area contributed by atoms with Gasteiger partial charge in [-0.25, -0.2) is 9.97 Å². The minimum absolute atomic E-state index is 0.0445. The lowest BCUT2D eigenvalue weighted by Gasteiger charge is -2.23. The van der Waals surface area contributed by atoms with Gasteiger partial charge in [-0.05, 0) is 5.56 Å². The molecule has 3 N–H and O–H groups in total. The number of aliphatic hydroxyl groups excluding tert-OH is 1. The van der Waals surface area contributed by atoms with Crippen LogP contribution in [0.5, 0.6) is 0 Å². The third-order valence-electron chi connectivity index (χ3n) is 2.59. The molecular formula is C13H16N4O. The molecule has 0 saturated carbocycles. The van der Waals surface area contributed by atoms with Crippen LogP contribution < -0.4 is 10.6 Å². The Hall–Kier alpha value is -2.14. The molecule has 0 unspecified atom stereocenters. The highest BCUT2D eigenvalue weighted by molar-refractivity contribution is 5.57. The van der Waals surface area contributed by atoms with Crippen molar-refractivity contribution in [2.24, 2.45) is 0 Å². The minimum atomic E-state index is 0.0445. The first-order valence-corrected chi connectivity index (χ1v) is 5.77. The van der Waals surface area contributed by atoms with Crippen molar-refractivity contribution < 1.29 is 5.11 Å². The Bertz CT molecular complexity index is 489. The van der Waals surface area contributed by atoms with Crippen LogP contribution in [-0.2, 0) is 6.54 Å². The Morgan fingerprint density at radius 1 is 1.11 bits per heavy atom. The van der Waals surface area contributed by atoms with Crippen LogP contribution in [0.4, 0.5) is 11.6 Å². The molecule has 18 heavy (non-hydrogen) atoms. The van der Waals surface area contributed by atoms with E-state index in [2.05, 4.69) is 9.97 Å². The average molecular weight is 244 g/mol. The highest BCUT2D eigenvalue weighted by Crippen LogP contribution is 2.18. The molecule has 0 atom stereocenters. The summed E-state index contributed by atoms with van der Waals surface area (Å²) >= 11 is 0. The lowest BCUT2D eigenvalue weighted by molar-refractivity contribution is 0.301. The van der Waals surface area contributed by atoms with E-state index in [0.29, 0.717) is 24.7 Å². The Kier molecular flexibility index (Phi) is 4.09. The van der Waals surface area contributed by atoms with Crippen LogP contribution in [0.3, 0.4) is 0 Å². The maximum absolute atomic E-state index is 9.14. The van der Waals surface area contributed by atoms with E-state index < -0.39 is 0 Å². The summed E-state index contributed by atoms with van der Waals surface area (Å²) in [5, 5.41) is 9.14. The van der Waals surface area contributed by atoms with Crippen LogP contribution in [0.1, 0.15) is 5.56 Å². The van der Waals surface area contributed by atoms with Gasteiger partial charge in [0, 0.05) is 25.5 Å². The number of hydrogen-bond donors (Lipinski definition) is 2. The quantitative estimate of drug-likeness (QED) is 0.822. The molecular weight excluding hydrogens is 228 g/mol. The summed E-state index contributed by atoms with van der Waals surface area (Å²) in [6, 6.07) is 9.98. The summed E-state index contributed by atoms with van der Waals surface area (Å²) in [6.07, 6.45) is 3.15. The van der Waals surface area contributed by atoms with Gasteiger partial charge < -0.3 is 15.7 Å². The zero-order chi connectivity index (χ0) is 12.8. The Balaban J connectivity index is 2.21. The maximum atomic E-state index is 9.14. The van der Waals surface area contributed by atoms with Gasteiger partial charge in [0.25, 0.3) is 0 Å². The second-order valence-corrected chi connectivity index (χ2v) is 3.90. The molecule has 0 spiro atoms. The minimum Gasteiger partial charge on any atom is -0.395 e. The summed E-state index contributed by atoms with van der Waals surface area (Å²) in [5.41, 5.74) is 6.94. The highest BCUT2D eigenvalue weighted by atomic mass is 16.3. The molecule has 2 aromatic rings. The standard InChI is InChI=1S/C13H16N4O/c14-12-13(16-7-6-15-12)17(8-9-18)10-11-4-2-1-3-5-11/h1-7,18H,8-10H2,(H2,14,15). The van der Waals surface area contributed by atoms with Crippen LogP contribution >= 0.6 is 0 Å². The van der Waals surface area contributed by atoms with E-state index in [1.165, 1.54) is 0 Å². The molecule has 0 radical (unpaired) electrons. The van der Waals surface area contributed by atoms with Gasteiger partial charge in [0.15, 0.2) is 11.6 Å². The molecule has 94 valence electrons. The number of rotatable bonds is 5. The number of nitrogens with two attached hydrogens (primary N) is 1. The highest BCUT2D eigenvalue weighted by Gasteiger charge is 2.11. The topological polar surface area (TPSA) is 75.3 Å². The van der Waals surface area contributed by atoms with Crippen molar-refractivity contribution in [2.75, 3.05) is 23.8 Å². The van der Waals surface area contributed by atoms with Crippen LogP contribution in [0.15, 0.2) is 42.7 Å². The normalized spacial score (nSPS) is 10.3. The monoisotopic (exact) mass is 244 g/mol. The van der Waals surface area contributed by atoms with Gasteiger partial charge in [0.05, 0.1) is 6.61 Å². The SMILES string of the molecule is Nc1nccnc1N(CCO)Cc1ccccc1. The van der Waals surface area contributed by atoms with Crippen LogP contribution in [-0.4, -0.2) is 28.2 Å². The first-order chi connectivity index (χ1) is 8.81. The van der Waals surface area contributed by atoms with E-state index in [0.717, 1.165) is 5.56 Å². The summed E-state index contributed by atoms with van der Waals surface area (Å²) < 4.78 is 0. The van der Waals surface area contributed by atoms with Gasteiger partial charge in [-0.2, -0.15) is 0 Å². The van der Waals surface area contributed by atoms with Crippen LogP contribution in [0, 0.1) is 0 Å². The average Bonchev–Trinajstić information content (AvgIpc) is 2.40. The van der Waals surface area contributed by atoms with Crippen molar-refractivity contribution in [1.82, 2.24) is 9.97 Å². The number of anilines is 2. The molecule has 0 saturated heterocycles. The lowest BCUT2D eigenvalue weighted by atomic mass is 10.2. The third-order valence-corrected chi connectivity index (χ3v) is 2.59. The molecule has 0 amide bonds. The summed E-state index contributed by atoms with van der Waals surface area (Å²) in [6.45, 7) is 1.16. The Labute approximate surface area is 106 Å². The Morgan fingerprint density at radius 3 is 2.50 bits per heavy atom. The zero-order valence-electron chi connectivity index (χ0n) is 10.0. The predicted molar refractivity (Wildman–Crippen MR) is 71.0 cm³/mol. The smallest absolute Gasteiger partial charge is 0.171 e. The summed E-state index contributed by atoms with van der Waals surface area (Å²) in [7, 11) is 0. The fourth-order valence-electron chi connectivity index (χ4n) is 1.77. The van der Waals surface area contributed by atoms with Crippen LogP contribution in [0.25, 0.3) is 0 Å². The van der Waals surface area contributed by atoms with Gasteiger partial charge in [-0.3, -0.25) is 0 Å². The van der Waals surface area contributed by atoms with Crippen molar-refractivity contribution >= 4 is 11.6 Å². The maximum Gasteiger partial charge on any atom is 0.171 e.